The van der Waals surface area contributed by atoms with Gasteiger partial charge in [-0.15, -0.1) is 0 Å². The molecule has 16 heteroatoms. The molecule has 3 aromatic carbocycles. The molecule has 0 saturated carbocycles. The number of para-hydroxylation sites is 1. The van der Waals surface area contributed by atoms with Crippen LogP contribution < -0.4 is 15.4 Å². The lowest BCUT2D eigenvalue weighted by molar-refractivity contribution is -0.193. The van der Waals surface area contributed by atoms with Gasteiger partial charge < -0.3 is 25.6 Å². The number of alkyl halides is 6. The summed E-state index contributed by atoms with van der Waals surface area (Å²) in [6, 6.07) is 27.3. The van der Waals surface area contributed by atoms with E-state index in [-0.39, 0.29) is 11.9 Å². The van der Waals surface area contributed by atoms with Crippen molar-refractivity contribution >= 4 is 52.0 Å². The van der Waals surface area contributed by atoms with E-state index in [4.69, 9.17) is 36.1 Å². The van der Waals surface area contributed by atoms with Gasteiger partial charge in [0.05, 0.1) is 11.2 Å². The van der Waals surface area contributed by atoms with Gasteiger partial charge in [-0.3, -0.25) is 4.79 Å². The summed E-state index contributed by atoms with van der Waals surface area (Å²) in [5.41, 5.74) is 4.16. The molecule has 4 aromatic rings. The van der Waals surface area contributed by atoms with Crippen molar-refractivity contribution in [1.29, 1.82) is 0 Å². The number of hydrogen-bond donors (Lipinski definition) is 4. The second-order valence-corrected chi connectivity index (χ2v) is 11.0. The fourth-order valence-corrected chi connectivity index (χ4v) is 4.44. The van der Waals surface area contributed by atoms with Gasteiger partial charge in [0.1, 0.15) is 12.4 Å². The summed E-state index contributed by atoms with van der Waals surface area (Å²) >= 11 is 6.05. The molecule has 1 aromatic heterocycles. The molecule has 1 amide bonds. The first-order valence-electron chi connectivity index (χ1n) is 14.7. The number of aliphatic carboxylic acids is 2. The van der Waals surface area contributed by atoms with Gasteiger partial charge in [0.15, 0.2) is 0 Å². The summed E-state index contributed by atoms with van der Waals surface area (Å²) in [7, 11) is 0. The number of piperidine rings is 1. The first-order valence-corrected chi connectivity index (χ1v) is 15.1. The van der Waals surface area contributed by atoms with Gasteiger partial charge >= 0.3 is 24.3 Å². The van der Waals surface area contributed by atoms with Crippen LogP contribution in [-0.4, -0.2) is 64.5 Å². The molecule has 0 atom stereocenters. The zero-order valence-electron chi connectivity index (χ0n) is 25.9. The first kappa shape index (κ1) is 39.3. The highest BCUT2D eigenvalue weighted by Gasteiger charge is 2.38. The number of amides is 1. The third-order valence-corrected chi connectivity index (χ3v) is 7.05. The maximum atomic E-state index is 13.3. The number of benzene rings is 3. The number of carbonyl (C=O) groups is 3. The van der Waals surface area contributed by atoms with E-state index < -0.39 is 24.3 Å². The Bertz CT molecular complexity index is 1750. The van der Waals surface area contributed by atoms with E-state index in [0.29, 0.717) is 17.2 Å². The fraction of sp³-hybridized carbons (Fsp3) is 0.235. The number of fused-ring (bicyclic) bond motifs is 1. The molecule has 1 aliphatic rings. The standard InChI is InChI=1S/C30H28ClN3O2.2C2HF3O2/c31-24-10-5-21(6-11-24)19-28(30(35)34-25-15-17-32-18-16-25)22-8-13-27(14-9-22)36-20-26-12-7-23-3-1-2-4-29(23)33-26;2*3-2(4,5)1(6)7/h1-14,19,25,32H,15-18,20H2,(H,34,35);2*(H,6,7). The van der Waals surface area contributed by atoms with Gasteiger partial charge in [-0.05, 0) is 79.5 Å². The number of carbonyl (C=O) groups excluding carboxylic acids is 1. The van der Waals surface area contributed by atoms with Gasteiger partial charge in [-0.25, -0.2) is 14.6 Å². The Morgan fingerprint density at radius 1 is 0.840 bits per heavy atom. The molecule has 2 heterocycles. The second kappa shape index (κ2) is 18.0. The summed E-state index contributed by atoms with van der Waals surface area (Å²) in [5, 5.41) is 22.6. The normalized spacial score (nSPS) is 13.6. The number of aromatic nitrogens is 1. The fourth-order valence-electron chi connectivity index (χ4n) is 4.31. The number of ether oxygens (including phenoxy) is 1. The van der Waals surface area contributed by atoms with Crippen molar-refractivity contribution in [3.05, 3.63) is 107 Å². The maximum Gasteiger partial charge on any atom is 0.490 e. The predicted molar refractivity (Wildman–Crippen MR) is 173 cm³/mol. The maximum absolute atomic E-state index is 13.3. The molecule has 9 nitrogen and oxygen atoms in total. The van der Waals surface area contributed by atoms with Crippen LogP contribution in [0.4, 0.5) is 26.3 Å². The van der Waals surface area contributed by atoms with Crippen LogP contribution in [0, 0.1) is 0 Å². The Kier molecular flexibility index (Phi) is 14.2. The number of pyridine rings is 1. The number of hydrogen-bond acceptors (Lipinski definition) is 6. The Morgan fingerprint density at radius 3 is 1.96 bits per heavy atom. The number of rotatable bonds is 7. The second-order valence-electron chi connectivity index (χ2n) is 10.5. The monoisotopic (exact) mass is 725 g/mol. The van der Waals surface area contributed by atoms with Crippen LogP contribution >= 0.6 is 11.6 Å². The summed E-state index contributed by atoms with van der Waals surface area (Å²) in [6.45, 7) is 2.20. The molecule has 0 radical (unpaired) electrons. The van der Waals surface area contributed by atoms with E-state index in [0.717, 1.165) is 59.4 Å². The van der Waals surface area contributed by atoms with Crippen molar-refractivity contribution in [2.45, 2.75) is 37.8 Å². The predicted octanol–water partition coefficient (Wildman–Crippen LogP) is 7.14. The van der Waals surface area contributed by atoms with Crippen molar-refractivity contribution in [3.63, 3.8) is 0 Å². The largest absolute Gasteiger partial charge is 0.490 e. The van der Waals surface area contributed by atoms with Crippen molar-refractivity contribution in [2.24, 2.45) is 0 Å². The quantitative estimate of drug-likeness (QED) is 0.0897. The Balaban J connectivity index is 0.000000408. The van der Waals surface area contributed by atoms with E-state index in [9.17, 15) is 31.1 Å². The molecule has 0 unspecified atom stereocenters. The molecule has 4 N–H and O–H groups in total. The van der Waals surface area contributed by atoms with Crippen LogP contribution in [0.3, 0.4) is 0 Å². The SMILES string of the molecule is O=C(NC1CCNCC1)C(=Cc1ccc(Cl)cc1)c1ccc(OCc2ccc3ccccc3n2)cc1.O=C(O)C(F)(F)F.O=C(O)C(F)(F)F. The third kappa shape index (κ3) is 13.0. The number of carboxylic acids is 2. The topological polar surface area (TPSA) is 138 Å². The van der Waals surface area contributed by atoms with E-state index in [1.165, 1.54) is 0 Å². The van der Waals surface area contributed by atoms with Gasteiger partial charge in [0, 0.05) is 22.0 Å². The van der Waals surface area contributed by atoms with Gasteiger partial charge in [0.2, 0.25) is 0 Å². The van der Waals surface area contributed by atoms with E-state index in [2.05, 4.69) is 21.7 Å². The number of nitrogens with one attached hydrogen (secondary N) is 2. The van der Waals surface area contributed by atoms with E-state index in [1.807, 2.05) is 84.9 Å². The van der Waals surface area contributed by atoms with Crippen LogP contribution in [0.15, 0.2) is 84.9 Å². The molecule has 0 bridgehead atoms. The molecule has 1 aliphatic heterocycles. The van der Waals surface area contributed by atoms with Gasteiger partial charge in [-0.1, -0.05) is 60.1 Å². The van der Waals surface area contributed by atoms with Gasteiger partial charge in [0.25, 0.3) is 5.91 Å². The summed E-state index contributed by atoms with van der Waals surface area (Å²) in [5.74, 6) is -4.87. The molecule has 1 saturated heterocycles. The lowest BCUT2D eigenvalue weighted by Crippen LogP contribution is -2.42. The van der Waals surface area contributed by atoms with Crippen LogP contribution in [0.2, 0.25) is 5.02 Å². The highest BCUT2D eigenvalue weighted by atomic mass is 35.5. The molecule has 1 fully saturated rings. The van der Waals surface area contributed by atoms with Crippen molar-refractivity contribution < 1.29 is 55.7 Å². The van der Waals surface area contributed by atoms with E-state index in [1.54, 1.807) is 0 Å². The first-order chi connectivity index (χ1) is 23.5. The third-order valence-electron chi connectivity index (χ3n) is 6.79. The number of nitrogens with zero attached hydrogens (tertiary/aromatic N) is 1. The highest BCUT2D eigenvalue weighted by Crippen LogP contribution is 2.24. The highest BCUT2D eigenvalue weighted by molar-refractivity contribution is 6.30. The minimum Gasteiger partial charge on any atom is -0.487 e. The zero-order valence-corrected chi connectivity index (χ0v) is 26.6. The molecule has 5 rings (SSSR count). The van der Waals surface area contributed by atoms with Crippen molar-refractivity contribution in [2.75, 3.05) is 13.1 Å². The minimum absolute atomic E-state index is 0.0779. The smallest absolute Gasteiger partial charge is 0.487 e. The van der Waals surface area contributed by atoms with E-state index >= 15 is 0 Å². The van der Waals surface area contributed by atoms with Crippen LogP contribution in [0.1, 0.15) is 29.7 Å². The zero-order chi connectivity index (χ0) is 36.9. The molecular formula is C34H30ClF6N3O6. The molecular weight excluding hydrogens is 696 g/mol. The minimum atomic E-state index is -5.08. The summed E-state index contributed by atoms with van der Waals surface area (Å²) < 4.78 is 69.5. The lowest BCUT2D eigenvalue weighted by Gasteiger charge is -2.24. The van der Waals surface area contributed by atoms with Crippen molar-refractivity contribution in [1.82, 2.24) is 15.6 Å². The van der Waals surface area contributed by atoms with Crippen LogP contribution in [-0.2, 0) is 21.0 Å². The Hall–Kier alpha value is -5.15. The Labute approximate surface area is 286 Å². The molecule has 0 spiro atoms. The van der Waals surface area contributed by atoms with Crippen molar-refractivity contribution in [3.8, 4) is 5.75 Å². The molecule has 50 heavy (non-hydrogen) atoms. The van der Waals surface area contributed by atoms with Crippen LogP contribution in [0.5, 0.6) is 5.75 Å². The number of carboxylic acid groups (broad SMARTS) is 2. The molecule has 266 valence electrons. The molecule has 0 aliphatic carbocycles. The summed E-state index contributed by atoms with van der Waals surface area (Å²) in [6.07, 6.45) is -6.41. The van der Waals surface area contributed by atoms with Gasteiger partial charge in [-0.2, -0.15) is 26.3 Å². The number of halogens is 7. The van der Waals surface area contributed by atoms with Crippen LogP contribution in [0.25, 0.3) is 22.6 Å². The lowest BCUT2D eigenvalue weighted by atomic mass is 10.00. The average Bonchev–Trinajstić information content (AvgIpc) is 3.07. The Morgan fingerprint density at radius 2 is 1.40 bits per heavy atom. The summed E-state index contributed by atoms with van der Waals surface area (Å²) in [4.78, 5) is 35.8. The average molecular weight is 726 g/mol.